The molecule has 0 radical (unpaired) electrons. The lowest BCUT2D eigenvalue weighted by Gasteiger charge is -2.23. The van der Waals surface area contributed by atoms with Crippen LogP contribution in [0.2, 0.25) is 0 Å². The number of rotatable bonds is 7. The van der Waals surface area contributed by atoms with Gasteiger partial charge in [0.1, 0.15) is 5.75 Å². The number of sulfonamides is 1. The van der Waals surface area contributed by atoms with Crippen molar-refractivity contribution in [3.05, 3.63) is 58.7 Å². The van der Waals surface area contributed by atoms with E-state index < -0.39 is 10.0 Å². The Bertz CT molecular complexity index is 930. The summed E-state index contributed by atoms with van der Waals surface area (Å²) in [4.78, 5) is 14.4. The summed E-state index contributed by atoms with van der Waals surface area (Å²) in [5.74, 6) is 0.469. The molecule has 0 unspecified atom stereocenters. The average molecular weight is 405 g/mol. The summed E-state index contributed by atoms with van der Waals surface area (Å²) >= 11 is 0. The number of hydrogen-bond acceptors (Lipinski definition) is 4. The van der Waals surface area contributed by atoms with Crippen molar-refractivity contribution < 1.29 is 17.9 Å². The molecule has 0 saturated carbocycles. The lowest BCUT2D eigenvalue weighted by molar-refractivity contribution is -0.130. The van der Waals surface area contributed by atoms with E-state index in [0.29, 0.717) is 17.7 Å². The van der Waals surface area contributed by atoms with E-state index in [-0.39, 0.29) is 17.3 Å². The highest BCUT2D eigenvalue weighted by Crippen LogP contribution is 2.24. The monoisotopic (exact) mass is 404 g/mol. The van der Waals surface area contributed by atoms with Gasteiger partial charge in [0.05, 0.1) is 18.6 Å². The number of nitrogens with zero attached hydrogens (tertiary/aromatic N) is 2. The van der Waals surface area contributed by atoms with Gasteiger partial charge in [0.25, 0.3) is 0 Å². The van der Waals surface area contributed by atoms with Crippen LogP contribution in [-0.2, 0) is 21.4 Å². The summed E-state index contributed by atoms with van der Waals surface area (Å²) in [6, 6.07) is 11.1. The molecule has 0 heterocycles. The Morgan fingerprint density at radius 1 is 1.00 bits per heavy atom. The van der Waals surface area contributed by atoms with E-state index >= 15 is 0 Å². The van der Waals surface area contributed by atoms with Gasteiger partial charge in [-0.05, 0) is 49.6 Å². The maximum Gasteiger partial charge on any atom is 0.243 e. The van der Waals surface area contributed by atoms with E-state index in [1.54, 1.807) is 28.0 Å². The third-order valence-corrected chi connectivity index (χ3v) is 6.75. The Kier molecular flexibility index (Phi) is 6.85. The maximum atomic E-state index is 13.0. The zero-order valence-electron chi connectivity index (χ0n) is 17.3. The SMILES string of the molecule is COc1ccc(CN(C)C(=O)CN(C)S(=O)(=O)c2c(C)cc(C)cc2C)cc1. The topological polar surface area (TPSA) is 66.9 Å². The highest BCUT2D eigenvalue weighted by atomic mass is 32.2. The van der Waals surface area contributed by atoms with Gasteiger partial charge in [0.15, 0.2) is 0 Å². The predicted octanol–water partition coefficient (Wildman–Crippen LogP) is 2.90. The second-order valence-electron chi connectivity index (χ2n) is 7.09. The fourth-order valence-corrected chi connectivity index (χ4v) is 4.74. The van der Waals surface area contributed by atoms with Gasteiger partial charge in [-0.15, -0.1) is 0 Å². The van der Waals surface area contributed by atoms with Gasteiger partial charge in [-0.3, -0.25) is 4.79 Å². The summed E-state index contributed by atoms with van der Waals surface area (Å²) in [7, 11) is 0.937. The first-order valence-electron chi connectivity index (χ1n) is 8.97. The van der Waals surface area contributed by atoms with Crippen LogP contribution in [0, 0.1) is 20.8 Å². The molecule has 2 aromatic carbocycles. The number of likely N-dealkylation sites (N-methyl/N-ethyl adjacent to an activating group) is 2. The molecule has 0 bridgehead atoms. The molecule has 0 N–H and O–H groups in total. The van der Waals surface area contributed by atoms with Crippen molar-refractivity contribution in [2.24, 2.45) is 0 Å². The molecule has 152 valence electrons. The lowest BCUT2D eigenvalue weighted by atomic mass is 10.1. The van der Waals surface area contributed by atoms with Crippen LogP contribution in [0.15, 0.2) is 41.3 Å². The van der Waals surface area contributed by atoms with Crippen molar-refractivity contribution in [1.29, 1.82) is 0 Å². The molecular formula is C21H28N2O4S. The largest absolute Gasteiger partial charge is 0.497 e. The molecule has 28 heavy (non-hydrogen) atoms. The third-order valence-electron chi connectivity index (χ3n) is 4.64. The number of aryl methyl sites for hydroxylation is 3. The summed E-state index contributed by atoms with van der Waals surface area (Å²) in [5, 5.41) is 0. The molecule has 0 saturated heterocycles. The first-order chi connectivity index (χ1) is 13.1. The average Bonchev–Trinajstić information content (AvgIpc) is 2.61. The van der Waals surface area contributed by atoms with Gasteiger partial charge >= 0.3 is 0 Å². The predicted molar refractivity (Wildman–Crippen MR) is 110 cm³/mol. The zero-order chi connectivity index (χ0) is 21.1. The van der Waals surface area contributed by atoms with Crippen molar-refractivity contribution in [2.45, 2.75) is 32.2 Å². The first-order valence-corrected chi connectivity index (χ1v) is 10.4. The Morgan fingerprint density at radius 3 is 2.04 bits per heavy atom. The van der Waals surface area contributed by atoms with Crippen LogP contribution in [-0.4, -0.2) is 51.3 Å². The Hall–Kier alpha value is -2.38. The molecule has 6 nitrogen and oxygen atoms in total. The highest BCUT2D eigenvalue weighted by Gasteiger charge is 2.27. The minimum atomic E-state index is -3.76. The number of carbonyl (C=O) groups is 1. The third kappa shape index (κ3) is 4.91. The van der Waals surface area contributed by atoms with Crippen molar-refractivity contribution in [3.63, 3.8) is 0 Å². The molecule has 0 fully saturated rings. The zero-order valence-corrected chi connectivity index (χ0v) is 18.1. The summed E-state index contributed by atoms with van der Waals surface area (Å²) in [5.41, 5.74) is 3.31. The molecule has 0 aliphatic heterocycles. The second kappa shape index (κ2) is 8.75. The van der Waals surface area contributed by atoms with E-state index in [2.05, 4.69) is 0 Å². The van der Waals surface area contributed by atoms with Gasteiger partial charge in [-0.25, -0.2) is 8.42 Å². The molecule has 2 aromatic rings. The van der Waals surface area contributed by atoms with Crippen molar-refractivity contribution >= 4 is 15.9 Å². The lowest BCUT2D eigenvalue weighted by Crippen LogP contribution is -2.39. The molecule has 0 aromatic heterocycles. The van der Waals surface area contributed by atoms with E-state index in [4.69, 9.17) is 4.74 Å². The van der Waals surface area contributed by atoms with Crippen LogP contribution in [0.5, 0.6) is 5.75 Å². The molecule has 0 spiro atoms. The summed E-state index contributed by atoms with van der Waals surface area (Å²) in [6.45, 7) is 5.65. The molecule has 0 aliphatic rings. The van der Waals surface area contributed by atoms with Gasteiger partial charge in [0, 0.05) is 20.6 Å². The maximum absolute atomic E-state index is 13.0. The van der Waals surface area contributed by atoms with Crippen LogP contribution in [0.25, 0.3) is 0 Å². The summed E-state index contributed by atoms with van der Waals surface area (Å²) < 4.78 is 32.3. The van der Waals surface area contributed by atoms with Crippen molar-refractivity contribution in [2.75, 3.05) is 27.7 Å². The summed E-state index contributed by atoms with van der Waals surface area (Å²) in [6.07, 6.45) is 0. The van der Waals surface area contributed by atoms with Gasteiger partial charge in [0.2, 0.25) is 15.9 Å². The number of carbonyl (C=O) groups excluding carboxylic acids is 1. The Labute approximate surface area is 167 Å². The van der Waals surface area contributed by atoms with Gasteiger partial charge in [-0.2, -0.15) is 4.31 Å². The number of amides is 1. The smallest absolute Gasteiger partial charge is 0.243 e. The Balaban J connectivity index is 2.12. The normalized spacial score (nSPS) is 11.5. The van der Waals surface area contributed by atoms with Crippen molar-refractivity contribution in [3.8, 4) is 5.75 Å². The van der Waals surface area contributed by atoms with Gasteiger partial charge in [-0.1, -0.05) is 29.8 Å². The standard InChI is InChI=1S/C21H28N2O4S/c1-15-11-16(2)21(17(3)12-15)28(25,26)23(5)14-20(24)22(4)13-18-7-9-19(27-6)10-8-18/h7-12H,13-14H2,1-6H3. The number of ether oxygens (including phenoxy) is 1. The first kappa shape index (κ1) is 21.9. The Morgan fingerprint density at radius 2 is 1.54 bits per heavy atom. The van der Waals surface area contributed by atoms with E-state index in [1.807, 2.05) is 43.3 Å². The number of methoxy groups -OCH3 is 1. The fourth-order valence-electron chi connectivity index (χ4n) is 3.22. The molecule has 0 aliphatic carbocycles. The van der Waals surface area contributed by atoms with Crippen LogP contribution < -0.4 is 4.74 Å². The molecule has 7 heteroatoms. The van der Waals surface area contributed by atoms with Gasteiger partial charge < -0.3 is 9.64 Å². The number of benzene rings is 2. The fraction of sp³-hybridized carbons (Fsp3) is 0.381. The van der Waals surface area contributed by atoms with E-state index in [1.165, 1.54) is 11.9 Å². The van der Waals surface area contributed by atoms with Crippen LogP contribution >= 0.6 is 0 Å². The van der Waals surface area contributed by atoms with Crippen LogP contribution in [0.4, 0.5) is 0 Å². The van der Waals surface area contributed by atoms with Crippen molar-refractivity contribution in [1.82, 2.24) is 9.21 Å². The molecule has 1 amide bonds. The quantitative estimate of drug-likeness (QED) is 0.712. The second-order valence-corrected chi connectivity index (χ2v) is 9.07. The highest BCUT2D eigenvalue weighted by molar-refractivity contribution is 7.89. The minimum Gasteiger partial charge on any atom is -0.497 e. The van der Waals surface area contributed by atoms with E-state index in [9.17, 15) is 13.2 Å². The molecule has 0 atom stereocenters. The molecular weight excluding hydrogens is 376 g/mol. The van der Waals surface area contributed by atoms with Crippen LogP contribution in [0.3, 0.4) is 0 Å². The number of hydrogen-bond donors (Lipinski definition) is 0. The van der Waals surface area contributed by atoms with E-state index in [0.717, 1.165) is 21.2 Å². The van der Waals surface area contributed by atoms with Crippen LogP contribution in [0.1, 0.15) is 22.3 Å². The molecule has 2 rings (SSSR count). The minimum absolute atomic E-state index is 0.220.